The van der Waals surface area contributed by atoms with Gasteiger partial charge in [0, 0.05) is 10.6 Å². The number of benzene rings is 1. The lowest BCUT2D eigenvalue weighted by molar-refractivity contribution is 0.0776. The molecule has 6 heteroatoms. The Morgan fingerprint density at radius 2 is 1.78 bits per heavy atom. The smallest absolute Gasteiger partial charge is 0.268 e. The summed E-state index contributed by atoms with van der Waals surface area (Å²) in [5.74, 6) is -0.517. The first-order valence-electron chi connectivity index (χ1n) is 5.41. The molecule has 0 saturated heterocycles. The summed E-state index contributed by atoms with van der Waals surface area (Å²) in [4.78, 5) is 24.2. The molecule has 0 fully saturated rings. The number of carbonyl (C=O) groups excluding carboxylic acids is 2. The molecular weight excluding hydrogens is 338 g/mol. The Labute approximate surface area is 123 Å². The van der Waals surface area contributed by atoms with Crippen molar-refractivity contribution in [1.82, 2.24) is 4.31 Å². The van der Waals surface area contributed by atoms with Gasteiger partial charge in [-0.25, -0.2) is 4.31 Å². The van der Waals surface area contributed by atoms with Crippen molar-refractivity contribution >= 4 is 51.3 Å². The lowest BCUT2D eigenvalue weighted by atomic mass is 10.1. The van der Waals surface area contributed by atoms with E-state index in [1.165, 1.54) is 16.3 Å². The van der Waals surface area contributed by atoms with E-state index >= 15 is 0 Å². The molecule has 2 rings (SSSR count). The molecule has 1 aliphatic heterocycles. The van der Waals surface area contributed by atoms with Gasteiger partial charge in [-0.1, -0.05) is 35.0 Å². The Hall–Kier alpha value is -0.520. The molecule has 0 aromatic heterocycles. The Morgan fingerprint density at radius 1 is 1.28 bits per heavy atom. The topological polar surface area (TPSA) is 37.4 Å². The van der Waals surface area contributed by atoms with Gasteiger partial charge in [0.25, 0.3) is 11.8 Å². The minimum atomic E-state index is -0.258. The molecule has 2 amide bonds. The maximum Gasteiger partial charge on any atom is 0.271 e. The third-order valence-electron chi connectivity index (χ3n) is 2.69. The zero-order valence-corrected chi connectivity index (χ0v) is 12.8. The molecule has 18 heavy (non-hydrogen) atoms. The van der Waals surface area contributed by atoms with E-state index in [1.807, 2.05) is 6.92 Å². The highest BCUT2D eigenvalue weighted by molar-refractivity contribution is 9.09. The SMILES string of the molecule is CC(SN1C(=O)c2ccccc2C1=O)C(Cl)CBr. The predicted octanol–water partition coefficient (Wildman–Crippen LogP) is 3.32. The van der Waals surface area contributed by atoms with Gasteiger partial charge in [0.2, 0.25) is 0 Å². The van der Waals surface area contributed by atoms with Gasteiger partial charge in [-0.3, -0.25) is 9.59 Å². The first-order valence-corrected chi connectivity index (χ1v) is 7.80. The van der Waals surface area contributed by atoms with Gasteiger partial charge in [0.1, 0.15) is 0 Å². The number of carbonyl (C=O) groups is 2. The monoisotopic (exact) mass is 347 g/mol. The Balaban J connectivity index is 2.19. The molecule has 3 nitrogen and oxygen atoms in total. The van der Waals surface area contributed by atoms with Crippen LogP contribution in [-0.2, 0) is 0 Å². The van der Waals surface area contributed by atoms with Gasteiger partial charge < -0.3 is 0 Å². The van der Waals surface area contributed by atoms with Crippen LogP contribution in [0.4, 0.5) is 0 Å². The minimum absolute atomic E-state index is 0.0340. The maximum absolute atomic E-state index is 12.1. The van der Waals surface area contributed by atoms with Gasteiger partial charge >= 0.3 is 0 Å². The van der Waals surface area contributed by atoms with Crippen LogP contribution in [0.3, 0.4) is 0 Å². The van der Waals surface area contributed by atoms with Crippen LogP contribution < -0.4 is 0 Å². The number of hydrogen-bond acceptors (Lipinski definition) is 3. The summed E-state index contributed by atoms with van der Waals surface area (Å²) in [6.07, 6.45) is 0. The van der Waals surface area contributed by atoms with Crippen molar-refractivity contribution in [1.29, 1.82) is 0 Å². The van der Waals surface area contributed by atoms with Crippen molar-refractivity contribution < 1.29 is 9.59 Å². The number of amides is 2. The fourth-order valence-corrected chi connectivity index (χ4v) is 3.52. The highest BCUT2D eigenvalue weighted by atomic mass is 79.9. The molecule has 0 bridgehead atoms. The summed E-state index contributed by atoms with van der Waals surface area (Å²) in [7, 11) is 0. The van der Waals surface area contributed by atoms with E-state index in [2.05, 4.69) is 15.9 Å². The number of rotatable bonds is 4. The minimum Gasteiger partial charge on any atom is -0.268 e. The molecule has 0 spiro atoms. The lowest BCUT2D eigenvalue weighted by Gasteiger charge is -2.20. The molecule has 2 atom stereocenters. The van der Waals surface area contributed by atoms with E-state index < -0.39 is 0 Å². The second-order valence-corrected chi connectivity index (χ2v) is 6.46. The van der Waals surface area contributed by atoms with Crippen molar-refractivity contribution in [3.8, 4) is 0 Å². The molecular formula is C12H11BrClNO2S. The summed E-state index contributed by atoms with van der Waals surface area (Å²) in [6, 6.07) is 6.85. The second-order valence-electron chi connectivity index (χ2n) is 3.93. The van der Waals surface area contributed by atoms with Gasteiger partial charge in [-0.15, -0.1) is 11.6 Å². The number of nitrogens with zero attached hydrogens (tertiary/aromatic N) is 1. The van der Waals surface area contributed by atoms with Crippen LogP contribution in [0.25, 0.3) is 0 Å². The molecule has 0 saturated carbocycles. The summed E-state index contributed by atoms with van der Waals surface area (Å²) in [5, 5.41) is 0.443. The van der Waals surface area contributed by atoms with E-state index in [9.17, 15) is 9.59 Å². The number of imide groups is 1. The second kappa shape index (κ2) is 5.63. The van der Waals surface area contributed by atoms with Crippen LogP contribution in [0.2, 0.25) is 0 Å². The van der Waals surface area contributed by atoms with Crippen LogP contribution in [0.1, 0.15) is 27.6 Å². The molecule has 2 unspecified atom stereocenters. The molecule has 0 radical (unpaired) electrons. The zero-order valence-electron chi connectivity index (χ0n) is 9.60. The number of alkyl halides is 2. The van der Waals surface area contributed by atoms with Gasteiger partial charge in [-0.2, -0.15) is 0 Å². The van der Waals surface area contributed by atoms with Gasteiger partial charge in [-0.05, 0) is 24.1 Å². The fourth-order valence-electron chi connectivity index (χ4n) is 1.62. The summed E-state index contributed by atoms with van der Waals surface area (Å²) in [5.41, 5.74) is 0.930. The molecule has 0 N–H and O–H groups in total. The highest BCUT2D eigenvalue weighted by Crippen LogP contribution is 2.32. The van der Waals surface area contributed by atoms with Crippen molar-refractivity contribution in [2.24, 2.45) is 0 Å². The summed E-state index contributed by atoms with van der Waals surface area (Å²) in [6.45, 7) is 1.90. The summed E-state index contributed by atoms with van der Waals surface area (Å²) < 4.78 is 1.20. The third-order valence-corrected chi connectivity index (χ3v) is 5.64. The van der Waals surface area contributed by atoms with E-state index in [0.29, 0.717) is 16.5 Å². The van der Waals surface area contributed by atoms with E-state index in [1.54, 1.807) is 24.3 Å². The Bertz CT molecular complexity index is 462. The van der Waals surface area contributed by atoms with E-state index in [0.717, 1.165) is 0 Å². The quantitative estimate of drug-likeness (QED) is 0.476. The zero-order chi connectivity index (χ0) is 13.3. The average Bonchev–Trinajstić information content (AvgIpc) is 2.63. The highest BCUT2D eigenvalue weighted by Gasteiger charge is 2.37. The Morgan fingerprint density at radius 3 is 2.22 bits per heavy atom. The maximum atomic E-state index is 12.1. The van der Waals surface area contributed by atoms with E-state index in [-0.39, 0.29) is 22.4 Å². The van der Waals surface area contributed by atoms with Gasteiger partial charge in [0.05, 0.1) is 16.5 Å². The van der Waals surface area contributed by atoms with Crippen LogP contribution in [0, 0.1) is 0 Å². The average molecular weight is 349 g/mol. The van der Waals surface area contributed by atoms with Gasteiger partial charge in [0.15, 0.2) is 0 Å². The molecule has 0 aliphatic carbocycles. The van der Waals surface area contributed by atoms with Crippen LogP contribution in [-0.4, -0.2) is 32.1 Å². The normalized spacial score (nSPS) is 17.8. The predicted molar refractivity (Wildman–Crippen MR) is 77.4 cm³/mol. The van der Waals surface area contributed by atoms with Crippen molar-refractivity contribution in [3.05, 3.63) is 35.4 Å². The fraction of sp³-hybridized carbons (Fsp3) is 0.333. The third kappa shape index (κ3) is 2.44. The molecule has 1 aliphatic rings. The number of halogens is 2. The standard InChI is InChI=1S/C12H11BrClNO2S/c1-7(10(14)6-13)18-15-11(16)8-4-2-3-5-9(8)12(15)17/h2-5,7,10H,6H2,1H3. The number of hydrogen-bond donors (Lipinski definition) is 0. The molecule has 1 aromatic carbocycles. The number of fused-ring (bicyclic) bond motifs is 1. The molecule has 1 aromatic rings. The van der Waals surface area contributed by atoms with Crippen molar-refractivity contribution in [2.45, 2.75) is 17.6 Å². The van der Waals surface area contributed by atoms with Crippen molar-refractivity contribution in [2.75, 3.05) is 5.33 Å². The first kappa shape index (κ1) is 13.9. The molecule has 1 heterocycles. The van der Waals surface area contributed by atoms with Crippen molar-refractivity contribution in [3.63, 3.8) is 0 Å². The van der Waals surface area contributed by atoms with Crippen LogP contribution in [0.5, 0.6) is 0 Å². The largest absolute Gasteiger partial charge is 0.271 e. The lowest BCUT2D eigenvalue weighted by Crippen LogP contribution is -2.28. The van der Waals surface area contributed by atoms with Crippen LogP contribution >= 0.6 is 39.5 Å². The summed E-state index contributed by atoms with van der Waals surface area (Å²) >= 11 is 10.6. The van der Waals surface area contributed by atoms with Crippen LogP contribution in [0.15, 0.2) is 24.3 Å². The Kier molecular flexibility index (Phi) is 4.35. The molecule has 96 valence electrons. The van der Waals surface area contributed by atoms with E-state index in [4.69, 9.17) is 11.6 Å². The first-order chi connectivity index (χ1) is 8.56.